The summed E-state index contributed by atoms with van der Waals surface area (Å²) < 4.78 is 6.13. The lowest BCUT2D eigenvalue weighted by atomic mass is 9.94. The van der Waals surface area contributed by atoms with E-state index in [2.05, 4.69) is 49.1 Å². The summed E-state index contributed by atoms with van der Waals surface area (Å²) in [6, 6.07) is 10.8. The Labute approximate surface area is 143 Å². The van der Waals surface area contributed by atoms with Crippen LogP contribution in [-0.4, -0.2) is 36.7 Å². The van der Waals surface area contributed by atoms with Gasteiger partial charge in [0.1, 0.15) is 0 Å². The van der Waals surface area contributed by atoms with Gasteiger partial charge in [-0.05, 0) is 25.5 Å². The van der Waals surface area contributed by atoms with Crippen molar-refractivity contribution in [3.8, 4) is 0 Å². The molecule has 0 bridgehead atoms. The Hall–Kier alpha value is -0.860. The van der Waals surface area contributed by atoms with Crippen molar-refractivity contribution in [3.05, 3.63) is 35.9 Å². The lowest BCUT2D eigenvalue weighted by Crippen LogP contribution is -2.51. The second-order valence-corrected chi connectivity index (χ2v) is 7.36. The van der Waals surface area contributed by atoms with Gasteiger partial charge in [0.05, 0.1) is 12.2 Å². The molecule has 1 aliphatic heterocycles. The van der Waals surface area contributed by atoms with Crippen LogP contribution in [0.5, 0.6) is 0 Å². The minimum Gasteiger partial charge on any atom is -0.372 e. The van der Waals surface area contributed by atoms with Gasteiger partial charge in [-0.1, -0.05) is 75.8 Å². The SMILES string of the molecule is CCCCCCCCCN1CCOC(C)(Cc2ccccc2)C1. The van der Waals surface area contributed by atoms with E-state index >= 15 is 0 Å². The Balaban J connectivity index is 1.66. The molecule has 0 aromatic heterocycles. The fraction of sp³-hybridized carbons (Fsp3) is 0.714. The van der Waals surface area contributed by atoms with Crippen molar-refractivity contribution in [2.24, 2.45) is 0 Å². The van der Waals surface area contributed by atoms with Gasteiger partial charge >= 0.3 is 0 Å². The molecule has 2 nitrogen and oxygen atoms in total. The number of hydrogen-bond donors (Lipinski definition) is 0. The molecule has 1 heterocycles. The first kappa shape index (κ1) is 18.5. The number of ether oxygens (including phenoxy) is 1. The third kappa shape index (κ3) is 7.05. The van der Waals surface area contributed by atoms with E-state index in [-0.39, 0.29) is 5.60 Å². The summed E-state index contributed by atoms with van der Waals surface area (Å²) in [5, 5.41) is 0. The Morgan fingerprint density at radius 1 is 1.00 bits per heavy atom. The highest BCUT2D eigenvalue weighted by Gasteiger charge is 2.31. The van der Waals surface area contributed by atoms with Crippen LogP contribution in [0, 0.1) is 0 Å². The molecule has 1 unspecified atom stereocenters. The van der Waals surface area contributed by atoms with Gasteiger partial charge in [-0.2, -0.15) is 0 Å². The first-order chi connectivity index (χ1) is 11.2. The van der Waals surface area contributed by atoms with Gasteiger partial charge in [0.2, 0.25) is 0 Å². The minimum atomic E-state index is -0.0271. The number of morpholine rings is 1. The van der Waals surface area contributed by atoms with Crippen LogP contribution < -0.4 is 0 Å². The largest absolute Gasteiger partial charge is 0.372 e. The van der Waals surface area contributed by atoms with Crippen LogP contribution in [0.1, 0.15) is 64.4 Å². The number of rotatable bonds is 10. The smallest absolute Gasteiger partial charge is 0.0821 e. The predicted molar refractivity (Wildman–Crippen MR) is 98.9 cm³/mol. The number of hydrogen-bond acceptors (Lipinski definition) is 2. The summed E-state index contributed by atoms with van der Waals surface area (Å²) in [7, 11) is 0. The Bertz CT molecular complexity index is 419. The van der Waals surface area contributed by atoms with Crippen LogP contribution in [0.3, 0.4) is 0 Å². The standard InChI is InChI=1S/C21H35NO/c1-3-4-5-6-7-8-12-15-22-16-17-23-21(2,19-22)18-20-13-10-9-11-14-20/h9-11,13-14H,3-8,12,15-19H2,1-2H3. The van der Waals surface area contributed by atoms with E-state index in [0.29, 0.717) is 0 Å². The lowest BCUT2D eigenvalue weighted by Gasteiger charge is -2.40. The topological polar surface area (TPSA) is 12.5 Å². The molecule has 1 saturated heterocycles. The molecule has 0 amide bonds. The first-order valence-corrected chi connectivity index (χ1v) is 9.62. The second-order valence-electron chi connectivity index (χ2n) is 7.36. The molecule has 1 aliphatic rings. The van der Waals surface area contributed by atoms with E-state index in [1.807, 2.05) is 0 Å². The highest BCUT2D eigenvalue weighted by Crippen LogP contribution is 2.23. The van der Waals surface area contributed by atoms with Crippen LogP contribution in [0.2, 0.25) is 0 Å². The van der Waals surface area contributed by atoms with Gasteiger partial charge in [0, 0.05) is 19.5 Å². The minimum absolute atomic E-state index is 0.0271. The summed E-state index contributed by atoms with van der Waals surface area (Å²) >= 11 is 0. The van der Waals surface area contributed by atoms with Crippen LogP contribution in [-0.2, 0) is 11.2 Å². The fourth-order valence-corrected chi connectivity index (χ4v) is 3.64. The normalized spacial score (nSPS) is 22.3. The van der Waals surface area contributed by atoms with Crippen molar-refractivity contribution in [2.45, 2.75) is 70.8 Å². The molecule has 2 rings (SSSR count). The zero-order valence-electron chi connectivity index (χ0n) is 15.2. The van der Waals surface area contributed by atoms with E-state index in [9.17, 15) is 0 Å². The van der Waals surface area contributed by atoms with Gasteiger partial charge in [0.25, 0.3) is 0 Å². The molecule has 0 N–H and O–H groups in total. The molecule has 0 radical (unpaired) electrons. The van der Waals surface area contributed by atoms with Crippen molar-refractivity contribution >= 4 is 0 Å². The maximum atomic E-state index is 6.13. The molecule has 1 atom stereocenters. The van der Waals surface area contributed by atoms with Gasteiger partial charge in [0.15, 0.2) is 0 Å². The molecule has 2 heteroatoms. The third-order valence-corrected chi connectivity index (χ3v) is 4.91. The summed E-state index contributed by atoms with van der Waals surface area (Å²) in [6.07, 6.45) is 10.7. The van der Waals surface area contributed by atoms with Crippen LogP contribution in [0.15, 0.2) is 30.3 Å². The first-order valence-electron chi connectivity index (χ1n) is 9.62. The molecule has 0 saturated carbocycles. The van der Waals surface area contributed by atoms with Crippen LogP contribution in [0.4, 0.5) is 0 Å². The summed E-state index contributed by atoms with van der Waals surface area (Å²) in [4.78, 5) is 2.61. The molecule has 1 aromatic carbocycles. The Morgan fingerprint density at radius 2 is 1.70 bits per heavy atom. The summed E-state index contributed by atoms with van der Waals surface area (Å²) in [5.41, 5.74) is 1.36. The molecule has 0 spiro atoms. The van der Waals surface area contributed by atoms with Crippen molar-refractivity contribution < 1.29 is 4.74 Å². The molecular formula is C21H35NO. The maximum absolute atomic E-state index is 6.13. The zero-order chi connectivity index (χ0) is 16.4. The quantitative estimate of drug-likeness (QED) is 0.559. The molecule has 1 fully saturated rings. The van der Waals surface area contributed by atoms with Gasteiger partial charge in [-0.25, -0.2) is 0 Å². The van der Waals surface area contributed by atoms with Crippen molar-refractivity contribution in [1.82, 2.24) is 4.90 Å². The maximum Gasteiger partial charge on any atom is 0.0821 e. The monoisotopic (exact) mass is 317 g/mol. The Kier molecular flexibility index (Phi) is 8.11. The number of unbranched alkanes of at least 4 members (excludes halogenated alkanes) is 6. The van der Waals surface area contributed by atoms with E-state index in [1.54, 1.807) is 0 Å². The molecule has 130 valence electrons. The molecular weight excluding hydrogens is 282 g/mol. The van der Waals surface area contributed by atoms with E-state index < -0.39 is 0 Å². The average Bonchev–Trinajstić information content (AvgIpc) is 2.55. The Morgan fingerprint density at radius 3 is 2.43 bits per heavy atom. The van der Waals surface area contributed by atoms with Gasteiger partial charge in [-0.3, -0.25) is 4.90 Å². The zero-order valence-corrected chi connectivity index (χ0v) is 15.2. The van der Waals surface area contributed by atoms with Crippen LogP contribution in [0.25, 0.3) is 0 Å². The van der Waals surface area contributed by atoms with Gasteiger partial charge < -0.3 is 4.74 Å². The predicted octanol–water partition coefficient (Wildman–Crippen LogP) is 5.07. The van der Waals surface area contributed by atoms with Gasteiger partial charge in [-0.15, -0.1) is 0 Å². The third-order valence-electron chi connectivity index (χ3n) is 4.91. The van der Waals surface area contributed by atoms with E-state index in [0.717, 1.165) is 26.1 Å². The van der Waals surface area contributed by atoms with E-state index in [4.69, 9.17) is 4.74 Å². The average molecular weight is 318 g/mol. The second kappa shape index (κ2) is 10.1. The van der Waals surface area contributed by atoms with Crippen molar-refractivity contribution in [3.63, 3.8) is 0 Å². The number of benzene rings is 1. The molecule has 0 aliphatic carbocycles. The van der Waals surface area contributed by atoms with Crippen LogP contribution >= 0.6 is 0 Å². The van der Waals surface area contributed by atoms with E-state index in [1.165, 1.54) is 57.1 Å². The highest BCUT2D eigenvalue weighted by atomic mass is 16.5. The lowest BCUT2D eigenvalue weighted by molar-refractivity contribution is -0.0971. The fourth-order valence-electron chi connectivity index (χ4n) is 3.64. The number of nitrogens with zero attached hydrogens (tertiary/aromatic N) is 1. The molecule has 1 aromatic rings. The van der Waals surface area contributed by atoms with Crippen molar-refractivity contribution in [1.29, 1.82) is 0 Å². The molecule has 23 heavy (non-hydrogen) atoms. The summed E-state index contributed by atoms with van der Waals surface area (Å²) in [6.45, 7) is 8.83. The van der Waals surface area contributed by atoms with Crippen molar-refractivity contribution in [2.75, 3.05) is 26.2 Å². The summed E-state index contributed by atoms with van der Waals surface area (Å²) in [5.74, 6) is 0. The highest BCUT2D eigenvalue weighted by molar-refractivity contribution is 5.17.